The molecule has 0 radical (unpaired) electrons. The lowest BCUT2D eigenvalue weighted by atomic mass is 9.82. The van der Waals surface area contributed by atoms with Crippen LogP contribution in [0.5, 0.6) is 0 Å². The fourth-order valence-electron chi connectivity index (χ4n) is 7.04. The maximum atomic E-state index is 13.4. The Labute approximate surface area is 388 Å². The number of amides is 4. The van der Waals surface area contributed by atoms with Crippen molar-refractivity contribution in [2.45, 2.75) is 44.9 Å². The number of anilines is 4. The largest absolute Gasteiger partial charge is 0.469 e. The van der Waals surface area contributed by atoms with Gasteiger partial charge in [0.2, 0.25) is 23.6 Å². The molecule has 0 fully saturated rings. The number of ketones is 4. The Bertz CT molecular complexity index is 2440. The molecule has 2 aliphatic carbocycles. The van der Waals surface area contributed by atoms with Crippen LogP contribution in [0.15, 0.2) is 72.8 Å². The Balaban J connectivity index is 0.000000259. The molecule has 19 heteroatoms. The van der Waals surface area contributed by atoms with Gasteiger partial charge >= 0.3 is 11.9 Å². The number of halogens is 2. The minimum atomic E-state index is -0.459. The van der Waals surface area contributed by atoms with Crippen molar-refractivity contribution in [3.63, 3.8) is 0 Å². The molecule has 0 bridgehead atoms. The first kappa shape index (κ1) is 49.9. The first-order chi connectivity index (χ1) is 31.7. The van der Waals surface area contributed by atoms with E-state index in [0.717, 1.165) is 0 Å². The SMILES string of the molecule is COC(=O)CCCCC(=O)Nc1cccc2c1C(=O)c1cccc(NC(=O)CCNCC(=O)OC)c1C2=O.O=C(CCCl)Nc1cccc2c1C(=O)c1cccc(NC(=O)CCCl)c1C2=O. The van der Waals surface area contributed by atoms with E-state index in [-0.39, 0.29) is 148 Å². The number of carbonyl (C=O) groups is 10. The number of ether oxygens (including phenoxy) is 2. The van der Waals surface area contributed by atoms with E-state index in [0.29, 0.717) is 12.8 Å². The Hall–Kier alpha value is -7.08. The molecule has 6 rings (SSSR count). The maximum Gasteiger partial charge on any atom is 0.319 e. The van der Waals surface area contributed by atoms with E-state index < -0.39 is 35.0 Å². The van der Waals surface area contributed by atoms with E-state index in [1.165, 1.54) is 44.6 Å². The molecule has 0 saturated heterocycles. The van der Waals surface area contributed by atoms with Crippen molar-refractivity contribution in [2.24, 2.45) is 0 Å². The van der Waals surface area contributed by atoms with Crippen LogP contribution in [0.2, 0.25) is 0 Å². The number of rotatable bonds is 18. The molecule has 2 aliphatic rings. The van der Waals surface area contributed by atoms with Gasteiger partial charge in [-0.15, -0.1) is 23.2 Å². The van der Waals surface area contributed by atoms with Crippen LogP contribution in [0.1, 0.15) is 109 Å². The van der Waals surface area contributed by atoms with Crippen LogP contribution in [0.4, 0.5) is 22.7 Å². The summed E-state index contributed by atoms with van der Waals surface area (Å²) in [7, 11) is 2.56. The fraction of sp³-hybridized carbons (Fsp3) is 0.277. The predicted molar refractivity (Wildman–Crippen MR) is 245 cm³/mol. The van der Waals surface area contributed by atoms with Gasteiger partial charge in [-0.3, -0.25) is 47.9 Å². The van der Waals surface area contributed by atoms with Gasteiger partial charge < -0.3 is 36.1 Å². The molecule has 0 unspecified atom stereocenters. The minimum Gasteiger partial charge on any atom is -0.469 e. The van der Waals surface area contributed by atoms with Gasteiger partial charge in [0, 0.05) is 72.7 Å². The van der Waals surface area contributed by atoms with E-state index in [9.17, 15) is 47.9 Å². The second kappa shape index (κ2) is 23.7. The van der Waals surface area contributed by atoms with E-state index in [1.54, 1.807) is 42.5 Å². The molecule has 4 aromatic rings. The maximum absolute atomic E-state index is 13.4. The molecule has 0 spiro atoms. The van der Waals surface area contributed by atoms with E-state index in [2.05, 4.69) is 36.1 Å². The molecule has 66 heavy (non-hydrogen) atoms. The summed E-state index contributed by atoms with van der Waals surface area (Å²) in [6.07, 6.45) is 1.46. The van der Waals surface area contributed by atoms with Gasteiger partial charge in [-0.2, -0.15) is 0 Å². The van der Waals surface area contributed by atoms with Gasteiger partial charge in [-0.1, -0.05) is 48.5 Å². The van der Waals surface area contributed by atoms with Crippen LogP contribution in [0.25, 0.3) is 0 Å². The number of methoxy groups -OCH3 is 2. The summed E-state index contributed by atoms with van der Waals surface area (Å²) < 4.78 is 9.10. The number of carbonyl (C=O) groups excluding carboxylic acids is 10. The fourth-order valence-corrected chi connectivity index (χ4v) is 7.39. The average molecular weight is 943 g/mol. The smallest absolute Gasteiger partial charge is 0.319 e. The van der Waals surface area contributed by atoms with Crippen molar-refractivity contribution in [3.8, 4) is 0 Å². The molecular formula is C47H45Cl2N5O12. The van der Waals surface area contributed by atoms with Gasteiger partial charge in [0.25, 0.3) is 0 Å². The highest BCUT2D eigenvalue weighted by Gasteiger charge is 2.35. The van der Waals surface area contributed by atoms with Crippen molar-refractivity contribution < 1.29 is 57.4 Å². The number of fused-ring (bicyclic) bond motifs is 4. The molecular weight excluding hydrogens is 897 g/mol. The summed E-state index contributed by atoms with van der Waals surface area (Å²) >= 11 is 11.2. The Morgan fingerprint density at radius 2 is 0.758 bits per heavy atom. The van der Waals surface area contributed by atoms with Crippen LogP contribution in [0, 0.1) is 0 Å². The number of hydrogen-bond acceptors (Lipinski definition) is 13. The third kappa shape index (κ3) is 12.2. The number of nitrogens with one attached hydrogen (secondary N) is 5. The number of hydrogen-bond donors (Lipinski definition) is 5. The Kier molecular flexibility index (Phi) is 18.0. The summed E-state index contributed by atoms with van der Waals surface area (Å²) in [6.45, 7) is 0.165. The lowest BCUT2D eigenvalue weighted by Gasteiger charge is -2.22. The Morgan fingerprint density at radius 1 is 0.439 bits per heavy atom. The molecule has 0 saturated carbocycles. The average Bonchev–Trinajstić information content (AvgIpc) is 3.30. The normalized spacial score (nSPS) is 11.9. The van der Waals surface area contributed by atoms with E-state index in [1.807, 2.05) is 0 Å². The summed E-state index contributed by atoms with van der Waals surface area (Å²) in [5.41, 5.74) is 1.92. The van der Waals surface area contributed by atoms with Gasteiger partial charge in [0.1, 0.15) is 0 Å². The molecule has 4 amide bonds. The molecule has 4 aromatic carbocycles. The van der Waals surface area contributed by atoms with Crippen LogP contribution in [-0.4, -0.2) is 97.8 Å². The summed E-state index contributed by atoms with van der Waals surface area (Å²) in [6, 6.07) is 18.5. The van der Waals surface area contributed by atoms with Crippen molar-refractivity contribution in [3.05, 3.63) is 117 Å². The van der Waals surface area contributed by atoms with Crippen LogP contribution >= 0.6 is 23.2 Å². The highest BCUT2D eigenvalue weighted by molar-refractivity contribution is 6.34. The molecule has 0 aromatic heterocycles. The van der Waals surface area contributed by atoms with Crippen LogP contribution in [0.3, 0.4) is 0 Å². The van der Waals surface area contributed by atoms with Gasteiger partial charge in [-0.05, 0) is 37.1 Å². The van der Waals surface area contributed by atoms with Crippen LogP contribution < -0.4 is 26.6 Å². The topological polar surface area (TPSA) is 249 Å². The lowest BCUT2D eigenvalue weighted by Crippen LogP contribution is -2.28. The van der Waals surface area contributed by atoms with Crippen LogP contribution in [-0.2, 0) is 38.2 Å². The van der Waals surface area contributed by atoms with Crippen molar-refractivity contribution >= 4 is 105 Å². The number of benzene rings is 4. The molecule has 0 heterocycles. The summed E-state index contributed by atoms with van der Waals surface area (Å²) in [5, 5.41) is 13.4. The molecule has 17 nitrogen and oxygen atoms in total. The summed E-state index contributed by atoms with van der Waals surface area (Å²) in [5.74, 6) is -3.70. The van der Waals surface area contributed by atoms with Crippen molar-refractivity contribution in [1.82, 2.24) is 5.32 Å². The zero-order valence-electron chi connectivity index (χ0n) is 35.9. The second-order valence-corrected chi connectivity index (χ2v) is 15.3. The first-order valence-electron chi connectivity index (χ1n) is 20.6. The quantitative estimate of drug-likeness (QED) is 0.0388. The third-order valence-electron chi connectivity index (χ3n) is 10.2. The summed E-state index contributed by atoms with van der Waals surface area (Å²) in [4.78, 5) is 124. The minimum absolute atomic E-state index is 0.0230. The number of alkyl halides is 2. The third-order valence-corrected chi connectivity index (χ3v) is 10.6. The zero-order valence-corrected chi connectivity index (χ0v) is 37.4. The molecule has 0 aliphatic heterocycles. The standard InChI is InChI=1S/C27H29N3O8.C20H16Cl2N2O4/c1-37-22(33)12-4-3-11-20(31)29-18-9-5-7-16-24(18)26(35)17-8-6-10-19(25(17)27(16)36)30-21(32)13-14-28-15-23(34)38-2;21-9-7-15(25)23-13-5-1-3-11-17(13)20(28)12-4-2-6-14(18(12)19(11)27)24-16(26)8-10-22/h5-10,28H,3-4,11-15H2,1-2H3,(H,29,31)(H,30,32);1-6H,7-10H2,(H,23,25)(H,24,26). The van der Waals surface area contributed by atoms with Gasteiger partial charge in [0.05, 0.1) is 65.8 Å². The highest BCUT2D eigenvalue weighted by atomic mass is 35.5. The monoisotopic (exact) mass is 941 g/mol. The molecule has 5 N–H and O–H groups in total. The van der Waals surface area contributed by atoms with E-state index in [4.69, 9.17) is 23.2 Å². The second-order valence-electron chi connectivity index (χ2n) is 14.6. The molecule has 0 atom stereocenters. The van der Waals surface area contributed by atoms with Gasteiger partial charge in [-0.25, -0.2) is 0 Å². The first-order valence-corrected chi connectivity index (χ1v) is 21.7. The zero-order chi connectivity index (χ0) is 47.9. The molecule has 344 valence electrons. The number of esters is 2. The predicted octanol–water partition coefficient (Wildman–Crippen LogP) is 5.82. The van der Waals surface area contributed by atoms with Crippen molar-refractivity contribution in [2.75, 3.05) is 60.3 Å². The Morgan fingerprint density at radius 3 is 1.09 bits per heavy atom. The number of unbranched alkanes of at least 4 members (excludes halogenated alkanes) is 1. The highest BCUT2D eigenvalue weighted by Crippen LogP contribution is 2.37. The van der Waals surface area contributed by atoms with E-state index >= 15 is 0 Å². The van der Waals surface area contributed by atoms with Crippen molar-refractivity contribution in [1.29, 1.82) is 0 Å². The van der Waals surface area contributed by atoms with Gasteiger partial charge in [0.15, 0.2) is 23.1 Å². The lowest BCUT2D eigenvalue weighted by molar-refractivity contribution is -0.141.